The van der Waals surface area contributed by atoms with Crippen molar-refractivity contribution in [3.8, 4) is 0 Å². The molecule has 100 valence electrons. The smallest absolute Gasteiger partial charge is 0.333 e. The Labute approximate surface area is 107 Å². The van der Waals surface area contributed by atoms with E-state index in [-0.39, 0.29) is 12.1 Å². The van der Waals surface area contributed by atoms with E-state index in [9.17, 15) is 9.59 Å². The Morgan fingerprint density at radius 2 is 2.22 bits per heavy atom. The summed E-state index contributed by atoms with van der Waals surface area (Å²) in [6.07, 6.45) is 5.37. The number of rotatable bonds is 4. The van der Waals surface area contributed by atoms with Crippen molar-refractivity contribution in [1.82, 2.24) is 0 Å². The van der Waals surface area contributed by atoms with Gasteiger partial charge in [0.15, 0.2) is 0 Å². The van der Waals surface area contributed by atoms with Crippen LogP contribution in [0.25, 0.3) is 0 Å². The van der Waals surface area contributed by atoms with Crippen molar-refractivity contribution in [3.05, 3.63) is 12.2 Å². The first kappa shape index (κ1) is 13.1. The molecule has 18 heavy (non-hydrogen) atoms. The molecular weight excluding hydrogens is 232 g/mol. The van der Waals surface area contributed by atoms with Crippen LogP contribution in [0, 0.1) is 5.92 Å². The summed E-state index contributed by atoms with van der Waals surface area (Å²) in [7, 11) is 0. The Balaban J connectivity index is 2.09. The Morgan fingerprint density at radius 1 is 1.44 bits per heavy atom. The fourth-order valence-electron chi connectivity index (χ4n) is 3.30. The van der Waals surface area contributed by atoms with E-state index >= 15 is 0 Å². The highest BCUT2D eigenvalue weighted by Gasteiger charge is 2.46. The molecule has 0 aromatic carbocycles. The Bertz CT molecular complexity index is 363. The molecule has 3 atom stereocenters. The molecule has 0 aliphatic heterocycles. The highest BCUT2D eigenvalue weighted by Crippen LogP contribution is 2.46. The van der Waals surface area contributed by atoms with Crippen LogP contribution in [0.15, 0.2) is 12.2 Å². The van der Waals surface area contributed by atoms with Gasteiger partial charge in [-0.2, -0.15) is 0 Å². The summed E-state index contributed by atoms with van der Waals surface area (Å²) >= 11 is 0. The van der Waals surface area contributed by atoms with Gasteiger partial charge >= 0.3 is 5.97 Å². The molecule has 0 N–H and O–H groups in total. The summed E-state index contributed by atoms with van der Waals surface area (Å²) in [4.78, 5) is 22.2. The molecule has 0 saturated heterocycles. The summed E-state index contributed by atoms with van der Waals surface area (Å²) in [6.45, 7) is 5.77. The Hall–Kier alpha value is -1.32. The monoisotopic (exact) mass is 252 g/mol. The summed E-state index contributed by atoms with van der Waals surface area (Å²) < 4.78 is 10.7. The van der Waals surface area contributed by atoms with E-state index in [1.807, 2.05) is 0 Å². The molecule has 2 saturated carbocycles. The lowest BCUT2D eigenvalue weighted by atomic mass is 9.68. The van der Waals surface area contributed by atoms with Crippen LogP contribution in [0.1, 0.15) is 45.4 Å². The molecule has 0 amide bonds. The van der Waals surface area contributed by atoms with Crippen LogP contribution >= 0.6 is 0 Å². The maximum atomic E-state index is 11.7. The molecule has 4 heteroatoms. The molecule has 2 bridgehead atoms. The van der Waals surface area contributed by atoms with Gasteiger partial charge in [0.05, 0.1) is 0 Å². The van der Waals surface area contributed by atoms with Crippen LogP contribution in [0.4, 0.5) is 0 Å². The highest BCUT2D eigenvalue weighted by molar-refractivity contribution is 5.87. The summed E-state index contributed by atoms with van der Waals surface area (Å²) in [6, 6.07) is 0. The van der Waals surface area contributed by atoms with Gasteiger partial charge in [-0.1, -0.05) is 13.0 Å². The molecule has 0 aromatic heterocycles. The van der Waals surface area contributed by atoms with Crippen LogP contribution in [0.5, 0.6) is 0 Å². The van der Waals surface area contributed by atoms with Crippen LogP contribution < -0.4 is 0 Å². The van der Waals surface area contributed by atoms with E-state index in [1.54, 1.807) is 6.92 Å². The fourth-order valence-corrected chi connectivity index (χ4v) is 3.30. The van der Waals surface area contributed by atoms with Crippen molar-refractivity contribution in [2.24, 2.45) is 5.92 Å². The first-order chi connectivity index (χ1) is 8.54. The van der Waals surface area contributed by atoms with Crippen LogP contribution in [-0.2, 0) is 19.1 Å². The molecule has 3 unspecified atom stereocenters. The minimum atomic E-state index is -0.440. The molecule has 0 aromatic rings. The SMILES string of the molecule is C=C(C)C(=O)OC12CCCC(CC(OC=O)C1)C2. The van der Waals surface area contributed by atoms with Gasteiger partial charge in [0.1, 0.15) is 11.7 Å². The van der Waals surface area contributed by atoms with Crippen molar-refractivity contribution >= 4 is 12.4 Å². The Morgan fingerprint density at radius 3 is 2.89 bits per heavy atom. The standard InChI is InChI=1S/C14H20O4/c1-10(2)13(16)18-14-5-3-4-11(7-14)6-12(8-14)17-9-15/h9,11-12H,1,3-8H2,2H3. The number of hydrogen-bond acceptors (Lipinski definition) is 4. The molecule has 4 nitrogen and oxygen atoms in total. The van der Waals surface area contributed by atoms with Crippen LogP contribution in [0.2, 0.25) is 0 Å². The van der Waals surface area contributed by atoms with Gasteiger partial charge in [0.25, 0.3) is 6.47 Å². The third kappa shape index (κ3) is 2.74. The summed E-state index contributed by atoms with van der Waals surface area (Å²) in [5.41, 5.74) is -0.0184. The molecule has 2 aliphatic rings. The van der Waals surface area contributed by atoms with Crippen LogP contribution in [0.3, 0.4) is 0 Å². The van der Waals surface area contributed by atoms with Gasteiger partial charge in [-0.05, 0) is 38.5 Å². The predicted molar refractivity (Wildman–Crippen MR) is 65.8 cm³/mol. The van der Waals surface area contributed by atoms with Gasteiger partial charge in [0, 0.05) is 12.0 Å². The normalized spacial score (nSPS) is 34.5. The van der Waals surface area contributed by atoms with Gasteiger partial charge in [-0.3, -0.25) is 4.79 Å². The maximum absolute atomic E-state index is 11.7. The summed E-state index contributed by atoms with van der Waals surface area (Å²) in [5, 5.41) is 0. The van der Waals surface area contributed by atoms with Crippen molar-refractivity contribution < 1.29 is 19.1 Å². The second-order valence-electron chi connectivity index (χ2n) is 5.61. The quantitative estimate of drug-likeness (QED) is 0.438. The minimum absolute atomic E-state index is 0.112. The number of fused-ring (bicyclic) bond motifs is 2. The topological polar surface area (TPSA) is 52.6 Å². The second kappa shape index (κ2) is 5.12. The van der Waals surface area contributed by atoms with E-state index in [2.05, 4.69) is 6.58 Å². The first-order valence-corrected chi connectivity index (χ1v) is 6.52. The van der Waals surface area contributed by atoms with E-state index in [1.165, 1.54) is 0 Å². The molecule has 0 radical (unpaired) electrons. The second-order valence-corrected chi connectivity index (χ2v) is 5.61. The average Bonchev–Trinajstić information content (AvgIpc) is 2.28. The number of carbonyl (C=O) groups is 2. The fraction of sp³-hybridized carbons (Fsp3) is 0.714. The van der Waals surface area contributed by atoms with Gasteiger partial charge in [-0.25, -0.2) is 4.79 Å². The van der Waals surface area contributed by atoms with Crippen molar-refractivity contribution in [3.63, 3.8) is 0 Å². The van der Waals surface area contributed by atoms with Gasteiger partial charge in [0.2, 0.25) is 0 Å². The number of carbonyl (C=O) groups excluding carboxylic acids is 2. The molecule has 2 aliphatic carbocycles. The molecule has 2 rings (SSSR count). The van der Waals surface area contributed by atoms with Crippen molar-refractivity contribution in [1.29, 1.82) is 0 Å². The average molecular weight is 252 g/mol. The predicted octanol–water partition coefficient (Wildman–Crippen LogP) is 2.37. The minimum Gasteiger partial charge on any atom is -0.464 e. The third-order valence-electron chi connectivity index (χ3n) is 4.01. The lowest BCUT2D eigenvalue weighted by molar-refractivity contribution is -0.175. The zero-order valence-electron chi connectivity index (χ0n) is 10.8. The van der Waals surface area contributed by atoms with E-state index < -0.39 is 5.60 Å². The maximum Gasteiger partial charge on any atom is 0.333 e. The van der Waals surface area contributed by atoms with Crippen LogP contribution in [-0.4, -0.2) is 24.1 Å². The van der Waals surface area contributed by atoms with E-state index in [0.29, 0.717) is 24.4 Å². The zero-order chi connectivity index (χ0) is 13.2. The van der Waals surface area contributed by atoms with Gasteiger partial charge < -0.3 is 9.47 Å². The first-order valence-electron chi connectivity index (χ1n) is 6.52. The van der Waals surface area contributed by atoms with Crippen molar-refractivity contribution in [2.45, 2.75) is 57.2 Å². The molecule has 2 fully saturated rings. The van der Waals surface area contributed by atoms with Crippen molar-refractivity contribution in [2.75, 3.05) is 0 Å². The summed E-state index contributed by atoms with van der Waals surface area (Å²) in [5.74, 6) is 0.165. The third-order valence-corrected chi connectivity index (χ3v) is 4.01. The lowest BCUT2D eigenvalue weighted by Gasteiger charge is -2.46. The zero-order valence-corrected chi connectivity index (χ0v) is 10.8. The van der Waals surface area contributed by atoms with E-state index in [4.69, 9.17) is 9.47 Å². The number of esters is 1. The van der Waals surface area contributed by atoms with Gasteiger partial charge in [-0.15, -0.1) is 0 Å². The Kier molecular flexibility index (Phi) is 3.73. The largest absolute Gasteiger partial charge is 0.464 e. The highest BCUT2D eigenvalue weighted by atomic mass is 16.6. The molecular formula is C14H20O4. The number of hydrogen-bond donors (Lipinski definition) is 0. The number of ether oxygens (including phenoxy) is 2. The lowest BCUT2D eigenvalue weighted by Crippen LogP contribution is -2.48. The molecule has 0 spiro atoms. The van der Waals surface area contributed by atoms with E-state index in [0.717, 1.165) is 32.1 Å². The molecule has 0 heterocycles.